The number of nitrogens with one attached hydrogen (secondary N) is 1. The molecule has 1 amide bonds. The van der Waals surface area contributed by atoms with Crippen LogP contribution in [0.3, 0.4) is 0 Å². The highest BCUT2D eigenvalue weighted by atomic mass is 19.1. The van der Waals surface area contributed by atoms with Crippen LogP contribution >= 0.6 is 0 Å². The minimum atomic E-state index is -0.773. The van der Waals surface area contributed by atoms with Gasteiger partial charge in [-0.1, -0.05) is 6.92 Å². The third kappa shape index (κ3) is 4.50. The number of ether oxygens (including phenoxy) is 1. The first-order valence-corrected chi connectivity index (χ1v) is 7.83. The van der Waals surface area contributed by atoms with Crippen molar-refractivity contribution in [2.45, 2.75) is 26.7 Å². The number of amides is 1. The summed E-state index contributed by atoms with van der Waals surface area (Å²) in [7, 11) is 0. The van der Waals surface area contributed by atoms with Crippen molar-refractivity contribution in [1.82, 2.24) is 9.78 Å². The number of benzene rings is 1. The molecule has 0 aliphatic heterocycles. The number of nitrogens with zero attached hydrogens (tertiary/aromatic N) is 2. The van der Waals surface area contributed by atoms with Crippen molar-refractivity contribution in [2.24, 2.45) is 0 Å². The normalized spacial score (nSPS) is 10.4. The lowest BCUT2D eigenvalue weighted by molar-refractivity contribution is -0.116. The number of anilines is 1. The van der Waals surface area contributed by atoms with Gasteiger partial charge in [-0.05, 0) is 37.6 Å². The minimum Gasteiger partial charge on any atom is -0.461 e. The van der Waals surface area contributed by atoms with E-state index in [2.05, 4.69) is 10.4 Å². The molecule has 0 aliphatic carbocycles. The second kappa shape index (κ2) is 8.18. The third-order valence-corrected chi connectivity index (χ3v) is 3.22. The molecule has 0 aliphatic rings. The molecule has 7 nitrogen and oxygen atoms in total. The fourth-order valence-electron chi connectivity index (χ4n) is 2.11. The zero-order chi connectivity index (χ0) is 18.4. The average molecular weight is 347 g/mol. The summed E-state index contributed by atoms with van der Waals surface area (Å²) in [5.41, 5.74) is -0.509. The number of aromatic nitrogens is 2. The molecule has 0 atom stereocenters. The van der Waals surface area contributed by atoms with Gasteiger partial charge in [-0.15, -0.1) is 0 Å². The molecule has 0 spiro atoms. The number of hydrogen-bond acceptors (Lipinski definition) is 5. The molecule has 0 saturated carbocycles. The van der Waals surface area contributed by atoms with Gasteiger partial charge >= 0.3 is 5.97 Å². The van der Waals surface area contributed by atoms with Crippen LogP contribution in [0, 0.1) is 5.82 Å². The van der Waals surface area contributed by atoms with E-state index < -0.39 is 17.3 Å². The zero-order valence-corrected chi connectivity index (χ0v) is 13.9. The molecule has 8 heteroatoms. The van der Waals surface area contributed by atoms with Crippen LogP contribution in [-0.4, -0.2) is 28.3 Å². The molecule has 1 aromatic heterocycles. The molecule has 1 heterocycles. The van der Waals surface area contributed by atoms with Gasteiger partial charge in [0, 0.05) is 12.5 Å². The molecule has 2 aromatic rings. The van der Waals surface area contributed by atoms with Crippen LogP contribution in [-0.2, 0) is 9.53 Å². The standard InChI is InChI=1S/C17H18FN3O4/c1-3-5-14(22)19-13-10-15(23)21(12-8-6-11(18)7-9-12)20-16(13)17(24)25-4-2/h6-10H,3-5H2,1-2H3,(H,19,22). The predicted octanol–water partition coefficient (Wildman–Crippen LogP) is 2.29. The Morgan fingerprint density at radius 2 is 1.92 bits per heavy atom. The minimum absolute atomic E-state index is 0.0136. The Balaban J connectivity index is 2.52. The van der Waals surface area contributed by atoms with E-state index in [-0.39, 0.29) is 36.0 Å². The van der Waals surface area contributed by atoms with Gasteiger partial charge < -0.3 is 10.1 Å². The van der Waals surface area contributed by atoms with Crippen molar-refractivity contribution in [3.63, 3.8) is 0 Å². The number of carbonyl (C=O) groups excluding carboxylic acids is 2. The van der Waals surface area contributed by atoms with Crippen LogP contribution in [0.15, 0.2) is 35.1 Å². The molecule has 1 aromatic carbocycles. The molecule has 0 fully saturated rings. The van der Waals surface area contributed by atoms with Crippen LogP contribution in [0.25, 0.3) is 5.69 Å². The molecule has 0 radical (unpaired) electrons. The largest absolute Gasteiger partial charge is 0.461 e. The number of esters is 1. The van der Waals surface area contributed by atoms with E-state index >= 15 is 0 Å². The second-order valence-electron chi connectivity index (χ2n) is 5.15. The smallest absolute Gasteiger partial charge is 0.360 e. The highest BCUT2D eigenvalue weighted by Crippen LogP contribution is 2.14. The quantitative estimate of drug-likeness (QED) is 0.810. The van der Waals surface area contributed by atoms with Crippen molar-refractivity contribution in [3.05, 3.63) is 52.2 Å². The number of carbonyl (C=O) groups is 2. The van der Waals surface area contributed by atoms with Crippen molar-refractivity contribution in [2.75, 3.05) is 11.9 Å². The van der Waals surface area contributed by atoms with Crippen LogP contribution in [0.5, 0.6) is 0 Å². The molecule has 0 unspecified atom stereocenters. The van der Waals surface area contributed by atoms with Gasteiger partial charge in [-0.25, -0.2) is 9.18 Å². The maximum absolute atomic E-state index is 13.1. The number of halogens is 1. The zero-order valence-electron chi connectivity index (χ0n) is 13.9. The second-order valence-corrected chi connectivity index (χ2v) is 5.15. The van der Waals surface area contributed by atoms with Crippen LogP contribution in [0.2, 0.25) is 0 Å². The lowest BCUT2D eigenvalue weighted by atomic mass is 10.2. The van der Waals surface area contributed by atoms with Gasteiger partial charge in [0.2, 0.25) is 5.91 Å². The van der Waals surface area contributed by atoms with E-state index in [4.69, 9.17) is 4.74 Å². The highest BCUT2D eigenvalue weighted by molar-refractivity contribution is 5.99. The Bertz CT molecular complexity index is 831. The van der Waals surface area contributed by atoms with Crippen molar-refractivity contribution < 1.29 is 18.7 Å². The Labute approximate surface area is 143 Å². The summed E-state index contributed by atoms with van der Waals surface area (Å²) >= 11 is 0. The van der Waals surface area contributed by atoms with Gasteiger partial charge in [-0.3, -0.25) is 9.59 Å². The van der Waals surface area contributed by atoms with Gasteiger partial charge in [0.05, 0.1) is 18.0 Å². The van der Waals surface area contributed by atoms with E-state index in [0.29, 0.717) is 6.42 Å². The maximum Gasteiger partial charge on any atom is 0.360 e. The monoisotopic (exact) mass is 347 g/mol. The first kappa shape index (κ1) is 18.3. The van der Waals surface area contributed by atoms with Gasteiger partial charge in [0.1, 0.15) is 5.82 Å². The first-order valence-electron chi connectivity index (χ1n) is 7.83. The highest BCUT2D eigenvalue weighted by Gasteiger charge is 2.19. The lowest BCUT2D eigenvalue weighted by Gasteiger charge is -2.12. The fourth-order valence-corrected chi connectivity index (χ4v) is 2.11. The average Bonchev–Trinajstić information content (AvgIpc) is 2.56. The van der Waals surface area contributed by atoms with Crippen LogP contribution < -0.4 is 10.9 Å². The molecule has 1 N–H and O–H groups in total. The molecular weight excluding hydrogens is 329 g/mol. The van der Waals surface area contributed by atoms with Crippen molar-refractivity contribution in [1.29, 1.82) is 0 Å². The predicted molar refractivity (Wildman–Crippen MR) is 89.3 cm³/mol. The van der Waals surface area contributed by atoms with E-state index in [9.17, 15) is 18.8 Å². The Morgan fingerprint density at radius 3 is 2.52 bits per heavy atom. The molecule has 0 bridgehead atoms. The molecule has 2 rings (SSSR count). The molecular formula is C17H18FN3O4. The topological polar surface area (TPSA) is 90.3 Å². The van der Waals surface area contributed by atoms with E-state index in [1.165, 1.54) is 24.3 Å². The SMILES string of the molecule is CCCC(=O)Nc1cc(=O)n(-c2ccc(F)cc2)nc1C(=O)OCC. The molecule has 25 heavy (non-hydrogen) atoms. The van der Waals surface area contributed by atoms with Crippen LogP contribution in [0.4, 0.5) is 10.1 Å². The first-order chi connectivity index (χ1) is 12.0. The third-order valence-electron chi connectivity index (χ3n) is 3.22. The van der Waals surface area contributed by atoms with Crippen molar-refractivity contribution in [3.8, 4) is 5.69 Å². The molecule has 0 saturated heterocycles. The van der Waals surface area contributed by atoms with E-state index in [0.717, 1.165) is 10.7 Å². The van der Waals surface area contributed by atoms with Gasteiger partial charge in [0.15, 0.2) is 5.69 Å². The summed E-state index contributed by atoms with van der Waals surface area (Å²) in [6.07, 6.45) is 0.851. The van der Waals surface area contributed by atoms with Crippen LogP contribution in [0.1, 0.15) is 37.2 Å². The Morgan fingerprint density at radius 1 is 1.24 bits per heavy atom. The summed E-state index contributed by atoms with van der Waals surface area (Å²) in [4.78, 5) is 36.3. The molecule has 132 valence electrons. The maximum atomic E-state index is 13.1. The Kier molecular flexibility index (Phi) is 5.99. The fraction of sp³-hybridized carbons (Fsp3) is 0.294. The number of hydrogen-bond donors (Lipinski definition) is 1. The van der Waals surface area contributed by atoms with E-state index in [1.54, 1.807) is 6.92 Å². The summed E-state index contributed by atoms with van der Waals surface area (Å²) in [6, 6.07) is 6.15. The summed E-state index contributed by atoms with van der Waals surface area (Å²) in [5.74, 6) is -1.58. The Hall–Kier alpha value is -3.03. The summed E-state index contributed by atoms with van der Waals surface area (Å²) < 4.78 is 18.9. The van der Waals surface area contributed by atoms with Gasteiger partial charge in [0.25, 0.3) is 5.56 Å². The summed E-state index contributed by atoms with van der Waals surface area (Å²) in [5, 5.41) is 6.50. The van der Waals surface area contributed by atoms with Gasteiger partial charge in [-0.2, -0.15) is 9.78 Å². The summed E-state index contributed by atoms with van der Waals surface area (Å²) in [6.45, 7) is 3.57. The number of rotatable bonds is 6. The van der Waals surface area contributed by atoms with Crippen molar-refractivity contribution >= 4 is 17.6 Å². The van der Waals surface area contributed by atoms with E-state index in [1.807, 2.05) is 6.92 Å². The lowest BCUT2D eigenvalue weighted by Crippen LogP contribution is -2.27.